The molecular formula is C35H30N8O4. The largest absolute Gasteiger partial charge is 0.351 e. The minimum absolute atomic E-state index is 0.115. The van der Waals surface area contributed by atoms with Gasteiger partial charge in [0.1, 0.15) is 11.4 Å². The molecule has 6 aromatic rings. The first-order chi connectivity index (χ1) is 22.8. The molecule has 0 unspecified atom stereocenters. The molecule has 0 saturated carbocycles. The van der Waals surface area contributed by atoms with E-state index in [1.807, 2.05) is 36.4 Å². The zero-order valence-corrected chi connectivity index (χ0v) is 25.0. The van der Waals surface area contributed by atoms with Crippen LogP contribution in [0.1, 0.15) is 32.1 Å². The maximum atomic E-state index is 13.1. The van der Waals surface area contributed by atoms with Crippen molar-refractivity contribution < 1.29 is 19.2 Å². The van der Waals surface area contributed by atoms with E-state index in [0.717, 1.165) is 44.1 Å². The van der Waals surface area contributed by atoms with Crippen molar-refractivity contribution in [3.63, 3.8) is 0 Å². The van der Waals surface area contributed by atoms with Crippen LogP contribution in [0, 0.1) is 0 Å². The predicted octanol–water partition coefficient (Wildman–Crippen LogP) is 4.52. The lowest BCUT2D eigenvalue weighted by molar-refractivity contribution is -0.115. The van der Waals surface area contributed by atoms with Crippen LogP contribution in [-0.2, 0) is 16.0 Å². The van der Waals surface area contributed by atoms with E-state index in [2.05, 4.69) is 31.2 Å². The number of nitrogens with two attached hydrogens (primary N) is 2. The molecule has 2 heterocycles. The Morgan fingerprint density at radius 2 is 0.936 bits per heavy atom. The van der Waals surface area contributed by atoms with E-state index in [1.165, 1.54) is 0 Å². The average molecular weight is 627 g/mol. The molecule has 0 atom stereocenters. The summed E-state index contributed by atoms with van der Waals surface area (Å²) in [5.41, 5.74) is 19.9. The van der Waals surface area contributed by atoms with E-state index >= 15 is 0 Å². The van der Waals surface area contributed by atoms with Gasteiger partial charge in [-0.15, -0.1) is 0 Å². The second-order valence-corrected chi connectivity index (χ2v) is 11.3. The quantitative estimate of drug-likeness (QED) is 0.122. The van der Waals surface area contributed by atoms with Crippen LogP contribution in [-0.4, -0.2) is 46.7 Å². The number of benzene rings is 4. The molecule has 2 aromatic heterocycles. The van der Waals surface area contributed by atoms with Crippen molar-refractivity contribution in [1.29, 1.82) is 0 Å². The zero-order chi connectivity index (χ0) is 32.7. The number of hydrogen-bond acceptors (Lipinski definition) is 6. The number of anilines is 4. The van der Waals surface area contributed by atoms with Gasteiger partial charge in [0, 0.05) is 44.6 Å². The van der Waals surface area contributed by atoms with Crippen LogP contribution in [0.15, 0.2) is 84.9 Å². The Kier molecular flexibility index (Phi) is 7.48. The van der Waals surface area contributed by atoms with Crippen LogP contribution < -0.4 is 32.7 Å². The molecule has 0 spiro atoms. The van der Waals surface area contributed by atoms with Crippen molar-refractivity contribution in [2.24, 2.45) is 11.5 Å². The van der Waals surface area contributed by atoms with Crippen LogP contribution in [0.2, 0.25) is 0 Å². The summed E-state index contributed by atoms with van der Waals surface area (Å²) in [5.74, 6) is -1.17. The molecule has 1 aliphatic carbocycles. The van der Waals surface area contributed by atoms with Gasteiger partial charge in [-0.3, -0.25) is 19.2 Å². The number of fused-ring (bicyclic) bond motifs is 5. The van der Waals surface area contributed by atoms with Crippen molar-refractivity contribution in [2.45, 2.75) is 6.42 Å². The van der Waals surface area contributed by atoms with Crippen molar-refractivity contribution in [3.8, 4) is 11.1 Å². The molecule has 4 aromatic carbocycles. The molecule has 12 nitrogen and oxygen atoms in total. The summed E-state index contributed by atoms with van der Waals surface area (Å²) in [7, 11) is 0. The number of hydrogen-bond donors (Lipinski definition) is 8. The minimum Gasteiger partial charge on any atom is -0.351 e. The summed E-state index contributed by atoms with van der Waals surface area (Å²) in [6.45, 7) is -0.230. The molecule has 47 heavy (non-hydrogen) atoms. The van der Waals surface area contributed by atoms with Gasteiger partial charge in [-0.1, -0.05) is 12.1 Å². The normalized spacial score (nSPS) is 11.6. The lowest BCUT2D eigenvalue weighted by Crippen LogP contribution is -2.21. The van der Waals surface area contributed by atoms with Gasteiger partial charge in [-0.25, -0.2) is 0 Å². The first-order valence-corrected chi connectivity index (χ1v) is 14.9. The third-order valence-corrected chi connectivity index (χ3v) is 8.07. The van der Waals surface area contributed by atoms with Gasteiger partial charge in [-0.05, 0) is 101 Å². The molecule has 0 radical (unpaired) electrons. The van der Waals surface area contributed by atoms with E-state index in [1.54, 1.807) is 48.5 Å². The number of rotatable bonds is 8. The van der Waals surface area contributed by atoms with Crippen LogP contribution in [0.4, 0.5) is 22.7 Å². The number of amides is 4. The highest BCUT2D eigenvalue weighted by molar-refractivity contribution is 6.08. The fraction of sp³-hybridized carbons (Fsp3) is 0.0857. The lowest BCUT2D eigenvalue weighted by atomic mass is 10.0. The highest BCUT2D eigenvalue weighted by Gasteiger charge is 2.21. The molecule has 0 bridgehead atoms. The van der Waals surface area contributed by atoms with Crippen LogP contribution in [0.25, 0.3) is 32.9 Å². The molecule has 7 rings (SSSR count). The highest BCUT2D eigenvalue weighted by Crippen LogP contribution is 2.39. The van der Waals surface area contributed by atoms with E-state index < -0.39 is 0 Å². The lowest BCUT2D eigenvalue weighted by Gasteiger charge is -2.08. The van der Waals surface area contributed by atoms with Gasteiger partial charge in [0.15, 0.2) is 0 Å². The fourth-order valence-corrected chi connectivity index (χ4v) is 5.85. The third-order valence-electron chi connectivity index (χ3n) is 8.07. The SMILES string of the molecule is NCC(=O)Nc1ccc2[nH]c(C(=O)Nc3ccc4c(c3)Cc3cc(NC(=O)c5cc6cc(NC(=O)CN)ccc6[nH]5)ccc3-4)cc2c1. The molecular weight excluding hydrogens is 596 g/mol. The standard InChI is InChI=1S/C35H30N8O4/c36-16-32(44)38-22-3-7-28-20(12-22)14-30(42-28)34(46)40-24-1-5-26-18(10-24)9-19-11-25(2-6-27(19)26)41-35(47)31-15-21-13-23(39-33(45)17-37)4-8-29(21)43-31/h1-8,10-15,42-43H,9,16-17,36-37H2,(H,38,44)(H,39,45)(H,40,46)(H,41,47). The third kappa shape index (κ3) is 5.93. The molecule has 10 N–H and O–H groups in total. The second-order valence-electron chi connectivity index (χ2n) is 11.3. The Morgan fingerprint density at radius 3 is 1.36 bits per heavy atom. The Balaban J connectivity index is 1.02. The average Bonchev–Trinajstić information content (AvgIpc) is 3.78. The Labute approximate surface area is 267 Å². The van der Waals surface area contributed by atoms with Gasteiger partial charge in [0.2, 0.25) is 11.8 Å². The Hall–Kier alpha value is -6.24. The number of carbonyl (C=O) groups is 4. The number of nitrogens with one attached hydrogen (secondary N) is 6. The number of H-pyrrole nitrogens is 2. The summed E-state index contributed by atoms with van der Waals surface area (Å²) in [6, 6.07) is 25.7. The van der Waals surface area contributed by atoms with Crippen molar-refractivity contribution in [2.75, 3.05) is 34.4 Å². The van der Waals surface area contributed by atoms with Gasteiger partial charge in [0.25, 0.3) is 11.8 Å². The summed E-state index contributed by atoms with van der Waals surface area (Å²) < 4.78 is 0. The first kappa shape index (κ1) is 29.5. The molecule has 0 saturated heterocycles. The number of aromatic amines is 2. The Bertz CT molecular complexity index is 2090. The molecule has 1 aliphatic rings. The highest BCUT2D eigenvalue weighted by atomic mass is 16.2. The van der Waals surface area contributed by atoms with E-state index in [4.69, 9.17) is 11.5 Å². The maximum absolute atomic E-state index is 13.1. The Morgan fingerprint density at radius 1 is 0.532 bits per heavy atom. The molecule has 0 aliphatic heterocycles. The van der Waals surface area contributed by atoms with Crippen LogP contribution in [0.3, 0.4) is 0 Å². The number of carbonyl (C=O) groups excluding carboxylic acids is 4. The predicted molar refractivity (Wildman–Crippen MR) is 183 cm³/mol. The first-order valence-electron chi connectivity index (χ1n) is 14.9. The van der Waals surface area contributed by atoms with E-state index in [0.29, 0.717) is 40.6 Å². The molecule has 0 fully saturated rings. The molecule has 234 valence electrons. The summed E-state index contributed by atoms with van der Waals surface area (Å²) in [4.78, 5) is 55.7. The van der Waals surface area contributed by atoms with Gasteiger partial charge < -0.3 is 42.7 Å². The van der Waals surface area contributed by atoms with Gasteiger partial charge in [-0.2, -0.15) is 0 Å². The molecule has 12 heteroatoms. The van der Waals surface area contributed by atoms with Crippen molar-refractivity contribution in [3.05, 3.63) is 107 Å². The smallest absolute Gasteiger partial charge is 0.272 e. The summed E-state index contributed by atoms with van der Waals surface area (Å²) in [5, 5.41) is 12.9. The molecule has 4 amide bonds. The van der Waals surface area contributed by atoms with Crippen molar-refractivity contribution >= 4 is 68.2 Å². The van der Waals surface area contributed by atoms with Gasteiger partial charge >= 0.3 is 0 Å². The fourth-order valence-electron chi connectivity index (χ4n) is 5.85. The van der Waals surface area contributed by atoms with Crippen LogP contribution >= 0.6 is 0 Å². The monoisotopic (exact) mass is 626 g/mol. The topological polar surface area (TPSA) is 200 Å². The van der Waals surface area contributed by atoms with Crippen LogP contribution in [0.5, 0.6) is 0 Å². The minimum atomic E-state index is -0.296. The number of aromatic nitrogens is 2. The van der Waals surface area contributed by atoms with E-state index in [-0.39, 0.29) is 36.7 Å². The van der Waals surface area contributed by atoms with Crippen molar-refractivity contribution in [1.82, 2.24) is 9.97 Å². The maximum Gasteiger partial charge on any atom is 0.272 e. The summed E-state index contributed by atoms with van der Waals surface area (Å²) in [6.07, 6.45) is 0.644. The summed E-state index contributed by atoms with van der Waals surface area (Å²) >= 11 is 0. The second kappa shape index (κ2) is 11.9. The van der Waals surface area contributed by atoms with E-state index in [9.17, 15) is 19.2 Å². The van der Waals surface area contributed by atoms with Gasteiger partial charge in [0.05, 0.1) is 13.1 Å². The zero-order valence-electron chi connectivity index (χ0n) is 25.0.